The number of fused-ring (bicyclic) bond motifs is 2. The molecule has 5 rings (SSSR count). The van der Waals surface area contributed by atoms with E-state index >= 15 is 0 Å². The topological polar surface area (TPSA) is 59.4 Å². The van der Waals surface area contributed by atoms with E-state index in [1.165, 1.54) is 16.7 Å². The van der Waals surface area contributed by atoms with Crippen LogP contribution in [0.5, 0.6) is 0 Å². The highest BCUT2D eigenvalue weighted by Crippen LogP contribution is 2.47. The van der Waals surface area contributed by atoms with Crippen molar-refractivity contribution < 1.29 is 4.79 Å². The van der Waals surface area contributed by atoms with E-state index in [9.17, 15) is 4.79 Å². The van der Waals surface area contributed by atoms with Gasteiger partial charge in [-0.25, -0.2) is 4.79 Å². The molecular weight excluding hydrogens is 444 g/mol. The van der Waals surface area contributed by atoms with E-state index < -0.39 is 0 Å². The van der Waals surface area contributed by atoms with Crippen molar-refractivity contribution >= 4 is 29.0 Å². The van der Waals surface area contributed by atoms with Gasteiger partial charge in [0, 0.05) is 24.2 Å². The third-order valence-corrected chi connectivity index (χ3v) is 7.47. The second kappa shape index (κ2) is 9.13. The number of benzene rings is 3. The lowest BCUT2D eigenvalue weighted by molar-refractivity contribution is 0.160. The number of likely N-dealkylation sites (tertiary alicyclic amines) is 1. The molecule has 5 nitrogen and oxygen atoms in total. The van der Waals surface area contributed by atoms with Crippen LogP contribution in [0.15, 0.2) is 66.7 Å². The molecule has 0 aliphatic carbocycles. The van der Waals surface area contributed by atoms with Crippen LogP contribution in [0.4, 0.5) is 16.2 Å². The summed E-state index contributed by atoms with van der Waals surface area (Å²) in [5, 5.41) is 12.6. The number of hydrogen-bond acceptors (Lipinski definition) is 3. The third kappa shape index (κ3) is 4.27. The zero-order chi connectivity index (χ0) is 23.7. The van der Waals surface area contributed by atoms with Gasteiger partial charge >= 0.3 is 6.03 Å². The number of carbonyl (C=O) groups is 1. The number of nitrogens with one attached hydrogen (secondary N) is 1. The molecule has 2 heterocycles. The van der Waals surface area contributed by atoms with E-state index in [4.69, 9.17) is 16.9 Å². The Morgan fingerprint density at radius 3 is 2.53 bits per heavy atom. The quantitative estimate of drug-likeness (QED) is 0.502. The summed E-state index contributed by atoms with van der Waals surface area (Å²) >= 11 is 6.28. The number of rotatable bonds is 3. The number of piperidine rings is 1. The molecule has 0 atom stereocenters. The number of amides is 2. The van der Waals surface area contributed by atoms with Gasteiger partial charge in [0.15, 0.2) is 0 Å². The minimum absolute atomic E-state index is 0.0413. The van der Waals surface area contributed by atoms with Gasteiger partial charge in [-0.1, -0.05) is 53.6 Å². The Bertz CT molecular complexity index is 1260. The molecule has 0 saturated carbocycles. The summed E-state index contributed by atoms with van der Waals surface area (Å²) in [7, 11) is 0. The van der Waals surface area contributed by atoms with Crippen molar-refractivity contribution in [1.29, 1.82) is 5.26 Å². The van der Waals surface area contributed by atoms with Crippen molar-refractivity contribution in [2.75, 3.05) is 29.9 Å². The van der Waals surface area contributed by atoms with Gasteiger partial charge < -0.3 is 5.32 Å². The van der Waals surface area contributed by atoms with Crippen LogP contribution < -0.4 is 10.2 Å². The Kier molecular flexibility index (Phi) is 6.03. The average Bonchev–Trinajstić information content (AvgIpc) is 3.16. The van der Waals surface area contributed by atoms with Gasteiger partial charge in [0.1, 0.15) is 0 Å². The van der Waals surface area contributed by atoms with Crippen molar-refractivity contribution in [1.82, 2.24) is 4.90 Å². The lowest BCUT2D eigenvalue weighted by Gasteiger charge is -2.40. The molecular formula is C28H27ClN4O. The molecule has 3 aromatic carbocycles. The number of carbonyl (C=O) groups excluding carboxylic acids is 1. The van der Waals surface area contributed by atoms with Gasteiger partial charge in [0.2, 0.25) is 0 Å². The van der Waals surface area contributed by atoms with Crippen LogP contribution in [-0.4, -0.2) is 30.6 Å². The highest BCUT2D eigenvalue weighted by atomic mass is 35.5. The predicted molar refractivity (Wildman–Crippen MR) is 136 cm³/mol. The Morgan fingerprint density at radius 1 is 1.09 bits per heavy atom. The molecule has 1 N–H and O–H groups in total. The first kappa shape index (κ1) is 22.5. The largest absolute Gasteiger partial charge is 0.326 e. The van der Waals surface area contributed by atoms with Gasteiger partial charge in [-0.15, -0.1) is 0 Å². The number of hydrogen-bond donors (Lipinski definition) is 1. The van der Waals surface area contributed by atoms with E-state index in [1.54, 1.807) is 6.07 Å². The summed E-state index contributed by atoms with van der Waals surface area (Å²) in [5.74, 6) is 0. The smallest absolute Gasteiger partial charge is 0.306 e. The van der Waals surface area contributed by atoms with E-state index in [0.29, 0.717) is 22.8 Å². The lowest BCUT2D eigenvalue weighted by atomic mass is 9.74. The lowest BCUT2D eigenvalue weighted by Crippen LogP contribution is -2.46. The van der Waals surface area contributed by atoms with Crippen LogP contribution in [0.1, 0.15) is 35.1 Å². The van der Waals surface area contributed by atoms with Gasteiger partial charge in [-0.3, -0.25) is 9.80 Å². The molecule has 6 heteroatoms. The minimum Gasteiger partial charge on any atom is -0.306 e. The molecule has 0 unspecified atom stereocenters. The Morgan fingerprint density at radius 2 is 1.82 bits per heavy atom. The Hall–Kier alpha value is -3.33. The van der Waals surface area contributed by atoms with Gasteiger partial charge in [-0.2, -0.15) is 5.26 Å². The van der Waals surface area contributed by atoms with Crippen molar-refractivity contribution in [2.24, 2.45) is 0 Å². The zero-order valence-corrected chi connectivity index (χ0v) is 20.0. The van der Waals surface area contributed by atoms with E-state index in [2.05, 4.69) is 41.4 Å². The maximum Gasteiger partial charge on any atom is 0.326 e. The summed E-state index contributed by atoms with van der Waals surface area (Å²) in [5.41, 5.74) is 5.98. The molecule has 0 radical (unpaired) electrons. The number of nitriles is 1. The molecule has 0 bridgehead atoms. The fourth-order valence-corrected chi connectivity index (χ4v) is 5.40. The molecule has 2 aliphatic rings. The van der Waals surface area contributed by atoms with Crippen molar-refractivity contribution in [2.45, 2.75) is 31.7 Å². The summed E-state index contributed by atoms with van der Waals surface area (Å²) in [6, 6.07) is 23.6. The minimum atomic E-state index is -0.143. The maximum atomic E-state index is 13.3. The molecule has 2 aliphatic heterocycles. The monoisotopic (exact) mass is 470 g/mol. The van der Waals surface area contributed by atoms with Crippen LogP contribution in [0.25, 0.3) is 0 Å². The molecule has 3 aromatic rings. The number of anilines is 2. The van der Waals surface area contributed by atoms with Crippen LogP contribution in [0.3, 0.4) is 0 Å². The normalized spacial score (nSPS) is 16.8. The first-order valence-electron chi connectivity index (χ1n) is 11.6. The third-order valence-electron chi connectivity index (χ3n) is 7.14. The van der Waals surface area contributed by atoms with Crippen molar-refractivity contribution in [3.05, 3.63) is 94.0 Å². The van der Waals surface area contributed by atoms with Gasteiger partial charge in [0.05, 0.1) is 22.3 Å². The molecule has 34 heavy (non-hydrogen) atoms. The number of para-hydroxylation sites is 1. The van der Waals surface area contributed by atoms with Crippen LogP contribution in [0, 0.1) is 18.3 Å². The summed E-state index contributed by atoms with van der Waals surface area (Å²) in [6.45, 7) is 5.59. The first-order chi connectivity index (χ1) is 16.5. The second-order valence-electron chi connectivity index (χ2n) is 9.38. The number of urea groups is 1. The predicted octanol–water partition coefficient (Wildman–Crippen LogP) is 6.11. The highest BCUT2D eigenvalue weighted by Gasteiger charge is 2.46. The Labute approximate surface area is 205 Å². The highest BCUT2D eigenvalue weighted by molar-refractivity contribution is 6.33. The number of halogens is 1. The molecule has 1 spiro atoms. The van der Waals surface area contributed by atoms with Crippen molar-refractivity contribution in [3.8, 4) is 6.07 Å². The van der Waals surface area contributed by atoms with Crippen LogP contribution in [0.2, 0.25) is 5.02 Å². The standard InChI is InChI=1S/C28H27ClN4O/c1-20-6-11-26-23(16-20)28(19-33(26)27(34)31-25-5-3-2-4-24(25)29)12-14-32(15-13-28)18-22-9-7-21(17-30)8-10-22/h2-11,16H,12-15,18-19H2,1H3,(H,31,34). The van der Waals surface area contributed by atoms with E-state index in [1.807, 2.05) is 47.4 Å². The molecule has 0 aromatic heterocycles. The van der Waals surface area contributed by atoms with E-state index in [-0.39, 0.29) is 11.4 Å². The van der Waals surface area contributed by atoms with Crippen LogP contribution >= 0.6 is 11.6 Å². The fraction of sp³-hybridized carbons (Fsp3) is 0.286. The first-order valence-corrected chi connectivity index (χ1v) is 12.0. The van der Waals surface area contributed by atoms with Gasteiger partial charge in [-0.05, 0) is 74.3 Å². The molecule has 2 amide bonds. The molecule has 1 saturated heterocycles. The van der Waals surface area contributed by atoms with Gasteiger partial charge in [0.25, 0.3) is 0 Å². The maximum absolute atomic E-state index is 13.3. The second-order valence-corrected chi connectivity index (χ2v) is 9.79. The summed E-state index contributed by atoms with van der Waals surface area (Å²) in [4.78, 5) is 17.7. The molecule has 172 valence electrons. The number of aryl methyl sites for hydroxylation is 1. The van der Waals surface area contributed by atoms with E-state index in [0.717, 1.165) is 38.2 Å². The SMILES string of the molecule is Cc1ccc2c(c1)C1(CCN(Cc3ccc(C#N)cc3)CC1)CN2C(=O)Nc1ccccc1Cl. The number of nitrogens with zero attached hydrogens (tertiary/aromatic N) is 3. The summed E-state index contributed by atoms with van der Waals surface area (Å²) < 4.78 is 0. The molecule has 1 fully saturated rings. The average molecular weight is 471 g/mol. The fourth-order valence-electron chi connectivity index (χ4n) is 5.22. The summed E-state index contributed by atoms with van der Waals surface area (Å²) in [6.07, 6.45) is 1.99. The van der Waals surface area contributed by atoms with Crippen molar-refractivity contribution in [3.63, 3.8) is 0 Å². The van der Waals surface area contributed by atoms with Crippen LogP contribution in [-0.2, 0) is 12.0 Å². The Balaban J connectivity index is 1.33. The zero-order valence-electron chi connectivity index (χ0n) is 19.2.